The second kappa shape index (κ2) is 3.16. The molecular weight excluding hydrogens is 180 g/mol. The van der Waals surface area contributed by atoms with Gasteiger partial charge in [-0.2, -0.15) is 0 Å². The van der Waals surface area contributed by atoms with Crippen LogP contribution in [0, 0.1) is 0 Å². The van der Waals surface area contributed by atoms with Crippen molar-refractivity contribution < 1.29 is 13.0 Å². The van der Waals surface area contributed by atoms with Crippen molar-refractivity contribution in [2.24, 2.45) is 0 Å². The van der Waals surface area contributed by atoms with Crippen LogP contribution in [0.3, 0.4) is 0 Å². The Hall–Kier alpha value is -0.653. The van der Waals surface area contributed by atoms with E-state index < -0.39 is 16.8 Å². The van der Waals surface area contributed by atoms with Gasteiger partial charge in [0.15, 0.2) is 0 Å². The third-order valence-electron chi connectivity index (χ3n) is 1.40. The zero-order chi connectivity index (χ0) is 9.12. The van der Waals surface area contributed by atoms with Gasteiger partial charge in [-0.05, 0) is 0 Å². The van der Waals surface area contributed by atoms with Crippen molar-refractivity contribution in [2.45, 2.75) is 0 Å². The van der Waals surface area contributed by atoms with E-state index in [-0.39, 0.29) is 0 Å². The van der Waals surface area contributed by atoms with Crippen LogP contribution in [0.1, 0.15) is 0 Å². The highest BCUT2D eigenvalue weighted by molar-refractivity contribution is 8.20. The van der Waals surface area contributed by atoms with Gasteiger partial charge in [0.05, 0.1) is 0 Å². The minimum atomic E-state index is -4.09. The smallest absolute Gasteiger partial charge is 0.290 e. The summed E-state index contributed by atoms with van der Waals surface area (Å²) in [5.41, 5.74) is 3.59. The minimum Gasteiger partial charge on any atom is -0.290 e. The van der Waals surface area contributed by atoms with Gasteiger partial charge in [0.2, 0.25) is 9.57 Å². The quantitative estimate of drug-likeness (QED) is 0.531. The molecule has 62 valence electrons. The molecule has 0 aliphatic heterocycles. The molecule has 1 N–H and O–H groups in total. The van der Waals surface area contributed by atoms with E-state index in [1.54, 1.807) is 0 Å². The standard InChI is InChI=1S/C6H10O3SSi/c1-4-11(5-2,6-3)10(7,8)9/h4-6H,1-3H2,(H,7,8,9). The number of hydrogen-bond acceptors (Lipinski definition) is 2. The molecule has 3 nitrogen and oxygen atoms in total. The van der Waals surface area contributed by atoms with Crippen LogP contribution in [0.5, 0.6) is 0 Å². The molecule has 0 atom stereocenters. The molecule has 0 aliphatic carbocycles. The molecule has 0 aliphatic rings. The predicted molar refractivity (Wildman–Crippen MR) is 47.9 cm³/mol. The first kappa shape index (κ1) is 10.3. The summed E-state index contributed by atoms with van der Waals surface area (Å²) in [4.78, 5) is 0. The Balaban J connectivity index is 5.36. The van der Waals surface area contributed by atoms with Crippen molar-refractivity contribution in [2.75, 3.05) is 0 Å². The molecule has 5 heteroatoms. The Morgan fingerprint density at radius 1 is 1.09 bits per heavy atom. The fourth-order valence-corrected chi connectivity index (χ4v) is 3.59. The molecule has 0 amide bonds. The second-order valence-electron chi connectivity index (χ2n) is 1.94. The highest BCUT2D eigenvalue weighted by Gasteiger charge is 2.37. The van der Waals surface area contributed by atoms with Crippen molar-refractivity contribution in [3.63, 3.8) is 0 Å². The molecule has 0 saturated carbocycles. The van der Waals surface area contributed by atoms with Gasteiger partial charge in [0.1, 0.15) is 0 Å². The molecule has 0 bridgehead atoms. The second-order valence-corrected chi connectivity index (χ2v) is 9.49. The van der Waals surface area contributed by atoms with Crippen LogP contribution in [-0.4, -0.2) is 20.2 Å². The van der Waals surface area contributed by atoms with Crippen molar-refractivity contribution in [3.05, 3.63) is 36.8 Å². The fourth-order valence-electron chi connectivity index (χ4n) is 0.566. The van der Waals surface area contributed by atoms with Crippen molar-refractivity contribution in [1.29, 1.82) is 0 Å². The van der Waals surface area contributed by atoms with Gasteiger partial charge in [0, 0.05) is 0 Å². The van der Waals surface area contributed by atoms with Gasteiger partial charge < -0.3 is 0 Å². The van der Waals surface area contributed by atoms with E-state index >= 15 is 0 Å². The summed E-state index contributed by atoms with van der Waals surface area (Å²) in [6.45, 7) is 9.96. The van der Waals surface area contributed by atoms with Crippen LogP contribution in [0.25, 0.3) is 0 Å². The van der Waals surface area contributed by atoms with E-state index in [1.165, 1.54) is 17.1 Å². The van der Waals surface area contributed by atoms with Gasteiger partial charge in [-0.3, -0.25) is 4.55 Å². The Kier molecular flexibility index (Phi) is 2.98. The highest BCUT2D eigenvalue weighted by atomic mass is 32.4. The van der Waals surface area contributed by atoms with Crippen molar-refractivity contribution in [3.8, 4) is 0 Å². The van der Waals surface area contributed by atoms with Crippen LogP contribution in [0.15, 0.2) is 36.8 Å². The van der Waals surface area contributed by atoms with E-state index in [2.05, 4.69) is 19.7 Å². The van der Waals surface area contributed by atoms with Gasteiger partial charge in [-0.25, -0.2) is 8.42 Å². The predicted octanol–water partition coefficient (Wildman–Crippen LogP) is 0.995. The van der Waals surface area contributed by atoms with E-state index in [0.717, 1.165) is 0 Å². The summed E-state index contributed by atoms with van der Waals surface area (Å²) < 4.78 is 30.2. The fraction of sp³-hybridized carbons (Fsp3) is 0. The van der Waals surface area contributed by atoms with Crippen molar-refractivity contribution in [1.82, 2.24) is 0 Å². The topological polar surface area (TPSA) is 54.4 Å². The molecule has 0 spiro atoms. The largest absolute Gasteiger partial charge is 0.298 e. The summed E-state index contributed by atoms with van der Waals surface area (Å²) in [7, 11) is -7.19. The molecule has 0 aromatic carbocycles. The first-order chi connectivity index (χ1) is 4.93. The van der Waals surface area contributed by atoms with Crippen LogP contribution < -0.4 is 0 Å². The van der Waals surface area contributed by atoms with Crippen molar-refractivity contribution >= 4 is 16.8 Å². The van der Waals surface area contributed by atoms with Gasteiger partial charge in [-0.1, -0.05) is 17.1 Å². The van der Waals surface area contributed by atoms with Crippen LogP contribution in [-0.2, 0) is 9.57 Å². The highest BCUT2D eigenvalue weighted by Crippen LogP contribution is 2.13. The molecule has 0 rings (SSSR count). The average molecular weight is 190 g/mol. The van der Waals surface area contributed by atoms with E-state index in [9.17, 15) is 8.42 Å². The van der Waals surface area contributed by atoms with Gasteiger partial charge in [0.25, 0.3) is 7.22 Å². The molecule has 0 radical (unpaired) electrons. The maximum Gasteiger partial charge on any atom is 0.298 e. The van der Waals surface area contributed by atoms with E-state index in [4.69, 9.17) is 4.55 Å². The Morgan fingerprint density at radius 2 is 1.36 bits per heavy atom. The normalized spacial score (nSPS) is 12.1. The van der Waals surface area contributed by atoms with E-state index in [0.29, 0.717) is 0 Å². The molecule has 11 heavy (non-hydrogen) atoms. The van der Waals surface area contributed by atoms with Gasteiger partial charge >= 0.3 is 0 Å². The molecule has 0 aromatic heterocycles. The van der Waals surface area contributed by atoms with Crippen LogP contribution in [0.4, 0.5) is 0 Å². The maximum atomic E-state index is 10.8. The summed E-state index contributed by atoms with van der Waals surface area (Å²) in [6, 6.07) is 0. The summed E-state index contributed by atoms with van der Waals surface area (Å²) in [6.07, 6.45) is 0. The van der Waals surface area contributed by atoms with Gasteiger partial charge in [-0.15, -0.1) is 19.7 Å². The SMILES string of the molecule is C=C[Si](C=C)(C=C)S(=O)(=O)O. The lowest BCUT2D eigenvalue weighted by Crippen LogP contribution is -2.38. The monoisotopic (exact) mass is 190 g/mol. The summed E-state index contributed by atoms with van der Waals surface area (Å²) in [5, 5.41) is 0. The summed E-state index contributed by atoms with van der Waals surface area (Å²) >= 11 is 0. The molecule has 0 heterocycles. The first-order valence-electron chi connectivity index (χ1n) is 2.81. The molecule has 0 aromatic rings. The third kappa shape index (κ3) is 1.68. The Bertz CT molecular complexity index is 256. The number of rotatable bonds is 4. The average Bonchev–Trinajstić information content (AvgIpc) is 1.90. The van der Waals surface area contributed by atoms with Crippen LogP contribution >= 0.6 is 0 Å². The molecular formula is C6H10O3SSi. The summed E-state index contributed by atoms with van der Waals surface area (Å²) in [5.74, 6) is 0. The zero-order valence-electron chi connectivity index (χ0n) is 6.03. The van der Waals surface area contributed by atoms with E-state index in [1.807, 2.05) is 0 Å². The molecule has 0 fully saturated rings. The minimum absolute atomic E-state index is 1.20. The third-order valence-corrected chi connectivity index (χ3v) is 8.39. The zero-order valence-corrected chi connectivity index (χ0v) is 7.84. The van der Waals surface area contributed by atoms with Crippen LogP contribution in [0.2, 0.25) is 0 Å². The molecule has 0 saturated heterocycles. The lowest BCUT2D eigenvalue weighted by atomic mass is 11.2. The first-order valence-corrected chi connectivity index (χ1v) is 7.21. The lowest BCUT2D eigenvalue weighted by Gasteiger charge is -2.13. The Labute approximate surface area is 67.1 Å². The lowest BCUT2D eigenvalue weighted by molar-refractivity contribution is 0.499. The molecule has 0 unspecified atom stereocenters. The Morgan fingerprint density at radius 3 is 1.36 bits per heavy atom. The maximum absolute atomic E-state index is 10.8. The number of hydrogen-bond donors (Lipinski definition) is 1.